The van der Waals surface area contributed by atoms with E-state index in [2.05, 4.69) is 10.4 Å². The van der Waals surface area contributed by atoms with Crippen LogP contribution in [0, 0.1) is 17.5 Å². The summed E-state index contributed by atoms with van der Waals surface area (Å²) in [5, 5.41) is 6.61. The van der Waals surface area contributed by atoms with Gasteiger partial charge in [-0.1, -0.05) is 6.92 Å². The predicted molar refractivity (Wildman–Crippen MR) is 66.9 cm³/mol. The van der Waals surface area contributed by atoms with Crippen LogP contribution in [0.3, 0.4) is 0 Å². The molecule has 7 heteroatoms. The second kappa shape index (κ2) is 5.36. The molecule has 2 rings (SSSR count). The molecule has 0 radical (unpaired) electrons. The molecule has 4 nitrogen and oxygen atoms in total. The fourth-order valence-electron chi connectivity index (χ4n) is 1.78. The fourth-order valence-corrected chi connectivity index (χ4v) is 1.78. The molecule has 0 fully saturated rings. The topological polar surface area (TPSA) is 46.9 Å². The molecule has 0 saturated heterocycles. The summed E-state index contributed by atoms with van der Waals surface area (Å²) in [6.07, 6.45) is 2.16. The molecule has 0 atom stereocenters. The highest BCUT2D eigenvalue weighted by Gasteiger charge is 2.16. The minimum absolute atomic E-state index is 0.299. The van der Waals surface area contributed by atoms with Crippen molar-refractivity contribution < 1.29 is 18.0 Å². The Kier molecular flexibility index (Phi) is 3.78. The molecule has 0 aliphatic heterocycles. The summed E-state index contributed by atoms with van der Waals surface area (Å²) in [6.45, 7) is 1.86. The minimum Gasteiger partial charge on any atom is -0.319 e. The number of aromatic nitrogens is 2. The van der Waals surface area contributed by atoms with Gasteiger partial charge < -0.3 is 5.32 Å². The molecule has 0 aliphatic carbocycles. The third-order valence-electron chi connectivity index (χ3n) is 2.73. The summed E-state index contributed by atoms with van der Waals surface area (Å²) in [5.74, 6) is -5.14. The molecular formula is C13H12F3N3O. The number of hydrogen-bond acceptors (Lipinski definition) is 2. The first kappa shape index (κ1) is 14.1. The molecule has 1 aromatic carbocycles. The predicted octanol–water partition coefficient (Wildman–Crippen LogP) is 2.65. The number of benzene rings is 1. The average molecular weight is 283 g/mol. The molecule has 1 aromatic heterocycles. The highest BCUT2D eigenvalue weighted by atomic mass is 19.2. The molecule has 1 amide bonds. The highest BCUT2D eigenvalue weighted by Crippen LogP contribution is 2.17. The zero-order valence-electron chi connectivity index (χ0n) is 10.9. The smallest absolute Gasteiger partial charge is 0.255 e. The number of carbonyl (C=O) groups is 1. The highest BCUT2D eigenvalue weighted by molar-refractivity contribution is 6.04. The molecular weight excluding hydrogens is 271 g/mol. The Morgan fingerprint density at radius 2 is 1.90 bits per heavy atom. The summed E-state index contributed by atoms with van der Waals surface area (Å²) < 4.78 is 40.5. The van der Waals surface area contributed by atoms with Crippen LogP contribution in [0.1, 0.15) is 23.0 Å². The van der Waals surface area contributed by atoms with Crippen LogP contribution in [-0.4, -0.2) is 15.7 Å². The van der Waals surface area contributed by atoms with Crippen molar-refractivity contribution in [1.29, 1.82) is 0 Å². The number of carbonyl (C=O) groups excluding carboxylic acids is 1. The van der Waals surface area contributed by atoms with Crippen molar-refractivity contribution in [2.24, 2.45) is 7.05 Å². The third-order valence-corrected chi connectivity index (χ3v) is 2.73. The SMILES string of the molecule is CCc1nn(C)cc1NC(=O)c1cc(F)c(F)c(F)c1. The maximum atomic E-state index is 13.1. The monoisotopic (exact) mass is 283 g/mol. The molecule has 20 heavy (non-hydrogen) atoms. The second-order valence-electron chi connectivity index (χ2n) is 4.22. The van der Waals surface area contributed by atoms with Gasteiger partial charge in [0.1, 0.15) is 0 Å². The number of halogens is 3. The number of rotatable bonds is 3. The van der Waals surface area contributed by atoms with E-state index >= 15 is 0 Å². The average Bonchev–Trinajstić information content (AvgIpc) is 2.75. The van der Waals surface area contributed by atoms with Crippen LogP contribution in [-0.2, 0) is 13.5 Å². The number of anilines is 1. The van der Waals surface area contributed by atoms with Gasteiger partial charge in [0.2, 0.25) is 0 Å². The van der Waals surface area contributed by atoms with E-state index in [4.69, 9.17) is 0 Å². The zero-order valence-corrected chi connectivity index (χ0v) is 10.9. The number of aryl methyl sites for hydroxylation is 2. The Balaban J connectivity index is 2.28. The van der Waals surface area contributed by atoms with Crippen molar-refractivity contribution in [1.82, 2.24) is 9.78 Å². The zero-order chi connectivity index (χ0) is 14.9. The first-order chi connectivity index (χ1) is 9.42. The van der Waals surface area contributed by atoms with Crippen LogP contribution < -0.4 is 5.32 Å². The van der Waals surface area contributed by atoms with Crippen molar-refractivity contribution in [3.8, 4) is 0 Å². The van der Waals surface area contributed by atoms with E-state index in [1.54, 1.807) is 13.2 Å². The van der Waals surface area contributed by atoms with Gasteiger partial charge in [-0.2, -0.15) is 5.10 Å². The Labute approximate surface area is 113 Å². The lowest BCUT2D eigenvalue weighted by atomic mass is 10.2. The molecule has 2 aromatic rings. The summed E-state index contributed by atoms with van der Waals surface area (Å²) >= 11 is 0. The van der Waals surface area contributed by atoms with Crippen LogP contribution in [0.15, 0.2) is 18.3 Å². The van der Waals surface area contributed by atoms with Crippen LogP contribution in [0.25, 0.3) is 0 Å². The largest absolute Gasteiger partial charge is 0.319 e. The van der Waals surface area contributed by atoms with Gasteiger partial charge in [0, 0.05) is 18.8 Å². The maximum Gasteiger partial charge on any atom is 0.255 e. The lowest BCUT2D eigenvalue weighted by molar-refractivity contribution is 0.102. The molecule has 1 N–H and O–H groups in total. The van der Waals surface area contributed by atoms with Crippen molar-refractivity contribution in [3.63, 3.8) is 0 Å². The van der Waals surface area contributed by atoms with Gasteiger partial charge >= 0.3 is 0 Å². The van der Waals surface area contributed by atoms with E-state index in [1.165, 1.54) is 4.68 Å². The van der Waals surface area contributed by atoms with Gasteiger partial charge in [0.25, 0.3) is 5.91 Å². The van der Waals surface area contributed by atoms with E-state index in [9.17, 15) is 18.0 Å². The van der Waals surface area contributed by atoms with Gasteiger partial charge in [0.05, 0.1) is 11.4 Å². The Morgan fingerprint density at radius 3 is 2.45 bits per heavy atom. The fraction of sp³-hybridized carbons (Fsp3) is 0.231. The van der Waals surface area contributed by atoms with E-state index in [0.717, 1.165) is 0 Å². The van der Waals surface area contributed by atoms with Crippen LogP contribution in [0.2, 0.25) is 0 Å². The number of amides is 1. The molecule has 0 bridgehead atoms. The van der Waals surface area contributed by atoms with E-state index in [-0.39, 0.29) is 5.56 Å². The number of nitrogens with one attached hydrogen (secondary N) is 1. The first-order valence-corrected chi connectivity index (χ1v) is 5.90. The second-order valence-corrected chi connectivity index (χ2v) is 4.22. The van der Waals surface area contributed by atoms with Crippen molar-refractivity contribution in [2.75, 3.05) is 5.32 Å². The summed E-state index contributed by atoms with van der Waals surface area (Å²) in [5.41, 5.74) is 0.793. The van der Waals surface area contributed by atoms with Gasteiger partial charge in [-0.25, -0.2) is 13.2 Å². The van der Waals surface area contributed by atoms with Gasteiger partial charge in [-0.05, 0) is 18.6 Å². The van der Waals surface area contributed by atoms with Crippen LogP contribution in [0.4, 0.5) is 18.9 Å². The normalized spacial score (nSPS) is 10.7. The lowest BCUT2D eigenvalue weighted by Gasteiger charge is -2.05. The standard InChI is InChI=1S/C13H12F3N3O/c1-3-10-11(6-19(2)18-10)17-13(20)7-4-8(14)12(16)9(15)5-7/h4-6H,3H2,1-2H3,(H,17,20). The van der Waals surface area contributed by atoms with Gasteiger partial charge in [-0.3, -0.25) is 9.48 Å². The van der Waals surface area contributed by atoms with E-state index < -0.39 is 23.4 Å². The quantitative estimate of drug-likeness (QED) is 0.880. The Morgan fingerprint density at radius 1 is 1.30 bits per heavy atom. The summed E-state index contributed by atoms with van der Waals surface area (Å²) in [7, 11) is 1.69. The van der Waals surface area contributed by atoms with E-state index in [1.807, 2.05) is 6.92 Å². The van der Waals surface area contributed by atoms with Crippen molar-refractivity contribution in [3.05, 3.63) is 47.0 Å². The third kappa shape index (κ3) is 2.66. The van der Waals surface area contributed by atoms with Crippen molar-refractivity contribution >= 4 is 11.6 Å². The van der Waals surface area contributed by atoms with E-state index in [0.29, 0.717) is 29.9 Å². The molecule has 106 valence electrons. The van der Waals surface area contributed by atoms with Gasteiger partial charge in [-0.15, -0.1) is 0 Å². The maximum absolute atomic E-state index is 13.1. The Hall–Kier alpha value is -2.31. The molecule has 0 aliphatic rings. The molecule has 0 spiro atoms. The van der Waals surface area contributed by atoms with Crippen LogP contribution >= 0.6 is 0 Å². The molecule has 0 unspecified atom stereocenters. The van der Waals surface area contributed by atoms with Crippen molar-refractivity contribution in [2.45, 2.75) is 13.3 Å². The minimum atomic E-state index is -1.60. The first-order valence-electron chi connectivity index (χ1n) is 5.90. The summed E-state index contributed by atoms with van der Waals surface area (Å²) in [6, 6.07) is 1.30. The lowest BCUT2D eigenvalue weighted by Crippen LogP contribution is -2.14. The molecule has 0 saturated carbocycles. The summed E-state index contributed by atoms with van der Waals surface area (Å²) in [4.78, 5) is 11.9. The number of nitrogens with zero attached hydrogens (tertiary/aromatic N) is 2. The molecule has 1 heterocycles. The van der Waals surface area contributed by atoms with Gasteiger partial charge in [0.15, 0.2) is 17.5 Å². The van der Waals surface area contributed by atoms with Crippen LogP contribution in [0.5, 0.6) is 0 Å². The number of hydrogen-bond donors (Lipinski definition) is 1. The Bertz CT molecular complexity index is 644.